The molecule has 17 heavy (non-hydrogen) atoms. The monoisotopic (exact) mass is 361 g/mol. The largest absolute Gasteiger partial charge is 0.398 e. The Morgan fingerprint density at radius 2 is 1.94 bits per heavy atom. The first-order valence-corrected chi connectivity index (χ1v) is 6.67. The van der Waals surface area contributed by atoms with Gasteiger partial charge in [-0.05, 0) is 59.0 Å². The zero-order valence-electron chi connectivity index (χ0n) is 8.95. The Morgan fingerprint density at radius 1 is 1.29 bits per heavy atom. The highest BCUT2D eigenvalue weighted by Crippen LogP contribution is 2.31. The van der Waals surface area contributed by atoms with Gasteiger partial charge in [0.05, 0.1) is 3.57 Å². The van der Waals surface area contributed by atoms with E-state index in [2.05, 4.69) is 9.97 Å². The Bertz CT molecular complexity index is 545. The average molecular weight is 361 g/mol. The molecule has 6 heteroatoms. The van der Waals surface area contributed by atoms with Crippen molar-refractivity contribution in [1.29, 1.82) is 0 Å². The minimum absolute atomic E-state index is 0.283. The number of benzene rings is 1. The van der Waals surface area contributed by atoms with Gasteiger partial charge in [-0.1, -0.05) is 0 Å². The normalized spacial score (nSPS) is 10.5. The van der Waals surface area contributed by atoms with Gasteiger partial charge in [-0.15, -0.1) is 0 Å². The van der Waals surface area contributed by atoms with Gasteiger partial charge in [-0.2, -0.15) is 0 Å². The Hall–Kier alpha value is -0.890. The molecule has 2 aromatic rings. The molecule has 2 rings (SSSR count). The molecule has 0 aliphatic rings. The highest BCUT2D eigenvalue weighted by atomic mass is 127. The van der Waals surface area contributed by atoms with E-state index >= 15 is 0 Å². The molecule has 0 fully saturated rings. The molecule has 1 aromatic heterocycles. The Morgan fingerprint density at radius 3 is 2.59 bits per heavy atom. The van der Waals surface area contributed by atoms with Crippen LogP contribution in [0, 0.1) is 16.3 Å². The predicted molar refractivity (Wildman–Crippen MR) is 74.4 cm³/mol. The van der Waals surface area contributed by atoms with E-state index in [-0.39, 0.29) is 5.82 Å². The standard InChI is InChI=1S/C11H9FIN3S/c1-6-4-15-11(16-5-6)17-10-2-7(12)8(13)3-9(10)14/h2-5H,14H2,1H3. The summed E-state index contributed by atoms with van der Waals surface area (Å²) in [7, 11) is 0. The molecule has 0 atom stereocenters. The summed E-state index contributed by atoms with van der Waals surface area (Å²) >= 11 is 3.16. The number of rotatable bonds is 2. The van der Waals surface area contributed by atoms with Crippen LogP contribution in [0.25, 0.3) is 0 Å². The van der Waals surface area contributed by atoms with Crippen LogP contribution in [0.4, 0.5) is 10.1 Å². The molecule has 1 aromatic carbocycles. The van der Waals surface area contributed by atoms with Gasteiger partial charge in [0, 0.05) is 23.0 Å². The second-order valence-corrected chi connectivity index (χ2v) is 5.62. The molecule has 3 nitrogen and oxygen atoms in total. The number of anilines is 1. The molecule has 88 valence electrons. The van der Waals surface area contributed by atoms with E-state index in [1.54, 1.807) is 18.5 Å². The summed E-state index contributed by atoms with van der Waals surface area (Å²) in [5.41, 5.74) is 7.34. The van der Waals surface area contributed by atoms with Gasteiger partial charge in [-0.25, -0.2) is 14.4 Å². The molecular formula is C11H9FIN3S. The average Bonchev–Trinajstić information content (AvgIpc) is 2.29. The first-order chi connectivity index (χ1) is 8.06. The lowest BCUT2D eigenvalue weighted by Gasteiger charge is -2.05. The minimum Gasteiger partial charge on any atom is -0.398 e. The molecule has 0 radical (unpaired) electrons. The van der Waals surface area contributed by atoms with Crippen molar-refractivity contribution >= 4 is 40.0 Å². The van der Waals surface area contributed by atoms with Crippen molar-refractivity contribution in [3.63, 3.8) is 0 Å². The van der Waals surface area contributed by atoms with Gasteiger partial charge in [0.25, 0.3) is 0 Å². The van der Waals surface area contributed by atoms with E-state index in [1.165, 1.54) is 17.8 Å². The molecule has 0 aliphatic heterocycles. The number of hydrogen-bond donors (Lipinski definition) is 1. The van der Waals surface area contributed by atoms with E-state index in [4.69, 9.17) is 5.73 Å². The first-order valence-electron chi connectivity index (χ1n) is 4.77. The lowest BCUT2D eigenvalue weighted by atomic mass is 10.3. The molecule has 0 amide bonds. The Kier molecular flexibility index (Phi) is 3.82. The van der Waals surface area contributed by atoms with Gasteiger partial charge in [0.1, 0.15) is 5.82 Å². The maximum absolute atomic E-state index is 13.4. The lowest BCUT2D eigenvalue weighted by Crippen LogP contribution is -1.94. The molecule has 0 bridgehead atoms. The van der Waals surface area contributed by atoms with E-state index in [0.29, 0.717) is 19.3 Å². The fourth-order valence-electron chi connectivity index (χ4n) is 1.16. The number of hydrogen-bond acceptors (Lipinski definition) is 4. The third-order valence-electron chi connectivity index (χ3n) is 2.01. The van der Waals surface area contributed by atoms with Gasteiger partial charge in [0.15, 0.2) is 5.16 Å². The van der Waals surface area contributed by atoms with Crippen LogP contribution < -0.4 is 5.73 Å². The van der Waals surface area contributed by atoms with Crippen molar-refractivity contribution in [3.05, 3.63) is 39.5 Å². The summed E-state index contributed by atoms with van der Waals surface area (Å²) in [6, 6.07) is 3.01. The molecule has 0 spiro atoms. The smallest absolute Gasteiger partial charge is 0.192 e. The van der Waals surface area contributed by atoms with Crippen molar-refractivity contribution in [2.45, 2.75) is 17.0 Å². The highest BCUT2D eigenvalue weighted by molar-refractivity contribution is 14.1. The zero-order valence-corrected chi connectivity index (χ0v) is 11.9. The zero-order chi connectivity index (χ0) is 12.4. The van der Waals surface area contributed by atoms with E-state index in [0.717, 1.165) is 5.56 Å². The van der Waals surface area contributed by atoms with Gasteiger partial charge in [-0.3, -0.25) is 0 Å². The fraction of sp³-hybridized carbons (Fsp3) is 0.0909. The van der Waals surface area contributed by atoms with Crippen molar-refractivity contribution in [2.24, 2.45) is 0 Å². The third-order valence-corrected chi connectivity index (χ3v) is 3.80. The quantitative estimate of drug-likeness (QED) is 0.507. The molecule has 0 aliphatic carbocycles. The summed E-state index contributed by atoms with van der Waals surface area (Å²) in [5, 5.41) is 0.558. The van der Waals surface area contributed by atoms with Gasteiger partial charge >= 0.3 is 0 Å². The van der Waals surface area contributed by atoms with Crippen LogP contribution in [0.15, 0.2) is 34.6 Å². The topological polar surface area (TPSA) is 51.8 Å². The summed E-state index contributed by atoms with van der Waals surface area (Å²) in [6.07, 6.45) is 3.43. The van der Waals surface area contributed by atoms with Crippen molar-refractivity contribution in [3.8, 4) is 0 Å². The van der Waals surface area contributed by atoms with Crippen LogP contribution in [-0.2, 0) is 0 Å². The molecular weight excluding hydrogens is 352 g/mol. The summed E-state index contributed by atoms with van der Waals surface area (Å²) in [5.74, 6) is -0.283. The fourth-order valence-corrected chi connectivity index (χ4v) is 2.40. The van der Waals surface area contributed by atoms with Gasteiger partial charge in [0.2, 0.25) is 0 Å². The molecule has 0 unspecified atom stereocenters. The number of nitrogen functional groups attached to an aromatic ring is 1. The van der Waals surface area contributed by atoms with E-state index < -0.39 is 0 Å². The summed E-state index contributed by atoms with van der Waals surface area (Å²) in [6.45, 7) is 1.91. The van der Waals surface area contributed by atoms with Crippen LogP contribution in [0.5, 0.6) is 0 Å². The Labute approximate surface area is 116 Å². The van der Waals surface area contributed by atoms with Crippen molar-refractivity contribution < 1.29 is 4.39 Å². The van der Waals surface area contributed by atoms with Crippen LogP contribution in [0.2, 0.25) is 0 Å². The first kappa shape index (κ1) is 12.6. The van der Waals surface area contributed by atoms with Crippen LogP contribution >= 0.6 is 34.4 Å². The molecule has 2 N–H and O–H groups in total. The third kappa shape index (κ3) is 3.06. The number of aryl methyl sites for hydroxylation is 1. The second-order valence-electron chi connectivity index (χ2n) is 3.45. The molecule has 0 saturated heterocycles. The number of nitrogens with zero attached hydrogens (tertiary/aromatic N) is 2. The van der Waals surface area contributed by atoms with Gasteiger partial charge < -0.3 is 5.73 Å². The number of aromatic nitrogens is 2. The van der Waals surface area contributed by atoms with E-state index in [1.807, 2.05) is 29.5 Å². The van der Waals surface area contributed by atoms with E-state index in [9.17, 15) is 4.39 Å². The molecule has 0 saturated carbocycles. The summed E-state index contributed by atoms with van der Waals surface area (Å²) in [4.78, 5) is 8.91. The summed E-state index contributed by atoms with van der Waals surface area (Å²) < 4.78 is 13.9. The van der Waals surface area contributed by atoms with Crippen LogP contribution in [0.3, 0.4) is 0 Å². The maximum atomic E-state index is 13.4. The number of halogens is 2. The Balaban J connectivity index is 2.30. The maximum Gasteiger partial charge on any atom is 0.192 e. The predicted octanol–water partition coefficient (Wildman–Crippen LogP) is 3.26. The lowest BCUT2D eigenvalue weighted by molar-refractivity contribution is 0.617. The molecule has 1 heterocycles. The van der Waals surface area contributed by atoms with Crippen molar-refractivity contribution in [2.75, 3.05) is 5.73 Å². The van der Waals surface area contributed by atoms with Crippen LogP contribution in [-0.4, -0.2) is 9.97 Å². The number of nitrogens with two attached hydrogens (primary N) is 1. The van der Waals surface area contributed by atoms with Crippen LogP contribution in [0.1, 0.15) is 5.56 Å². The second kappa shape index (κ2) is 5.18. The minimum atomic E-state index is -0.283. The van der Waals surface area contributed by atoms with Crippen molar-refractivity contribution in [1.82, 2.24) is 9.97 Å². The SMILES string of the molecule is Cc1cnc(Sc2cc(F)c(I)cc2N)nc1. The highest BCUT2D eigenvalue weighted by Gasteiger charge is 2.08.